The van der Waals surface area contributed by atoms with Gasteiger partial charge in [0, 0.05) is 37.6 Å². The Morgan fingerprint density at radius 3 is 1.98 bits per heavy atom. The monoisotopic (exact) mass is 638 g/mol. The number of hydrogen-bond donors (Lipinski definition) is 0. The van der Waals surface area contributed by atoms with E-state index in [1.807, 2.05) is 11.8 Å². The van der Waals surface area contributed by atoms with Crippen LogP contribution in [0.4, 0.5) is 17.1 Å². The summed E-state index contributed by atoms with van der Waals surface area (Å²) in [6.07, 6.45) is 7.46. The number of allylic oxidation sites excluding steroid dienone is 4. The lowest BCUT2D eigenvalue weighted by Crippen LogP contribution is -2.15. The maximum atomic E-state index is 5.15. The highest BCUT2D eigenvalue weighted by Crippen LogP contribution is 2.52. The third kappa shape index (κ3) is 4.64. The first kappa shape index (κ1) is 28.9. The van der Waals surface area contributed by atoms with E-state index >= 15 is 0 Å². The minimum atomic E-state index is -0.105. The van der Waals surface area contributed by atoms with Crippen LogP contribution < -0.4 is 4.90 Å². The second-order valence-corrected chi connectivity index (χ2v) is 14.4. The predicted molar refractivity (Wildman–Crippen MR) is 198 cm³/mol. The van der Waals surface area contributed by atoms with E-state index in [1.165, 1.54) is 43.4 Å². The van der Waals surface area contributed by atoms with Crippen molar-refractivity contribution in [2.24, 2.45) is 5.92 Å². The van der Waals surface area contributed by atoms with Gasteiger partial charge in [0.05, 0.1) is 11.4 Å². The van der Waals surface area contributed by atoms with Crippen LogP contribution >= 0.6 is 11.8 Å². The maximum Gasteiger partial charge on any atom is 0.164 e. The lowest BCUT2D eigenvalue weighted by Gasteiger charge is -2.32. The number of para-hydroxylation sites is 2. The lowest BCUT2D eigenvalue weighted by molar-refractivity contribution is 0.660. The molecule has 0 radical (unpaired) electrons. The number of rotatable bonds is 4. The molecule has 5 aromatic carbocycles. The lowest BCUT2D eigenvalue weighted by atomic mass is 9.82. The van der Waals surface area contributed by atoms with Crippen LogP contribution in [0.1, 0.15) is 44.1 Å². The van der Waals surface area contributed by atoms with Crippen molar-refractivity contribution in [1.29, 1.82) is 0 Å². The van der Waals surface area contributed by atoms with Crippen LogP contribution in [0, 0.1) is 5.92 Å². The van der Waals surface area contributed by atoms with Gasteiger partial charge in [-0.05, 0) is 89.2 Å². The molecule has 4 nitrogen and oxygen atoms in total. The number of nitrogens with zero attached hydrogens (tertiary/aromatic N) is 4. The van der Waals surface area contributed by atoms with Crippen LogP contribution in [0.15, 0.2) is 143 Å². The Morgan fingerprint density at radius 2 is 1.25 bits per heavy atom. The van der Waals surface area contributed by atoms with Crippen molar-refractivity contribution in [2.75, 3.05) is 4.90 Å². The second kappa shape index (κ2) is 11.2. The van der Waals surface area contributed by atoms with Crippen LogP contribution in [-0.4, -0.2) is 15.0 Å². The summed E-state index contributed by atoms with van der Waals surface area (Å²) >= 11 is 1.82. The molecule has 6 aromatic rings. The molecule has 0 saturated heterocycles. The van der Waals surface area contributed by atoms with E-state index in [9.17, 15) is 0 Å². The summed E-state index contributed by atoms with van der Waals surface area (Å²) in [4.78, 5) is 20.2. The minimum absolute atomic E-state index is 0.105. The van der Waals surface area contributed by atoms with E-state index < -0.39 is 0 Å². The molecule has 0 spiro atoms. The maximum absolute atomic E-state index is 5.15. The smallest absolute Gasteiger partial charge is 0.164 e. The summed E-state index contributed by atoms with van der Waals surface area (Å²) < 4.78 is 0. The van der Waals surface area contributed by atoms with E-state index in [0.29, 0.717) is 17.6 Å². The van der Waals surface area contributed by atoms with Crippen molar-refractivity contribution in [1.82, 2.24) is 15.0 Å². The first-order valence-electron chi connectivity index (χ1n) is 16.6. The molecule has 0 bridgehead atoms. The normalized spacial score (nSPS) is 16.9. The molecule has 5 heteroatoms. The Hall–Kier alpha value is -5.26. The highest BCUT2D eigenvalue weighted by molar-refractivity contribution is 7.99. The van der Waals surface area contributed by atoms with Crippen LogP contribution in [0.5, 0.6) is 0 Å². The molecule has 1 aromatic heterocycles. The van der Waals surface area contributed by atoms with Crippen LogP contribution in [0.25, 0.3) is 39.5 Å². The molecule has 0 saturated carbocycles. The molecular formula is C43H34N4S. The molecule has 48 heavy (non-hydrogen) atoms. The third-order valence-corrected chi connectivity index (χ3v) is 11.1. The van der Waals surface area contributed by atoms with E-state index in [0.717, 1.165) is 34.6 Å². The zero-order chi connectivity index (χ0) is 32.4. The highest BCUT2D eigenvalue weighted by atomic mass is 32.2. The number of hydrogen-bond acceptors (Lipinski definition) is 5. The summed E-state index contributed by atoms with van der Waals surface area (Å²) in [5.74, 6) is 2.45. The van der Waals surface area contributed by atoms with Gasteiger partial charge in [-0.15, -0.1) is 0 Å². The van der Waals surface area contributed by atoms with Crippen molar-refractivity contribution < 1.29 is 0 Å². The van der Waals surface area contributed by atoms with E-state index in [2.05, 4.69) is 159 Å². The second-order valence-electron chi connectivity index (χ2n) is 13.3. The standard InChI is InChI=1S/C43H34N4S/c1-27-12-4-5-13-31(27)42-45-40(44-41(46-42)29-22-25-33-32-14-6-7-15-34(32)43(2,3)35(33)26-29)28-20-23-30(24-21-28)47-36-16-8-10-18-38(36)48-39-19-11-9-17-37(39)47/h4-11,13-27H,12H2,1-3H3. The van der Waals surface area contributed by atoms with Gasteiger partial charge in [-0.25, -0.2) is 15.0 Å². The van der Waals surface area contributed by atoms with E-state index in [4.69, 9.17) is 15.0 Å². The van der Waals surface area contributed by atoms with Crippen molar-refractivity contribution >= 4 is 34.4 Å². The van der Waals surface area contributed by atoms with Crippen molar-refractivity contribution in [3.63, 3.8) is 0 Å². The quantitative estimate of drug-likeness (QED) is 0.192. The van der Waals surface area contributed by atoms with Gasteiger partial charge in [0.2, 0.25) is 0 Å². The molecular weight excluding hydrogens is 605 g/mol. The summed E-state index contributed by atoms with van der Waals surface area (Å²) in [7, 11) is 0. The Kier molecular flexibility index (Phi) is 6.73. The molecule has 2 aliphatic carbocycles. The SMILES string of the molecule is CC1CC=CC=C1c1nc(-c2ccc(N3c4ccccc4Sc4ccccc43)cc2)nc(-c2ccc3c(c2)C(C)(C)c2ccccc2-3)n1. The number of benzene rings is 5. The van der Waals surface area contributed by atoms with Crippen LogP contribution in [0.3, 0.4) is 0 Å². The van der Waals surface area contributed by atoms with Gasteiger partial charge >= 0.3 is 0 Å². The molecule has 1 atom stereocenters. The summed E-state index contributed by atoms with van der Waals surface area (Å²) in [6, 6.07) is 41.3. The number of anilines is 3. The predicted octanol–water partition coefficient (Wildman–Crippen LogP) is 11.4. The molecule has 9 rings (SSSR count). The van der Waals surface area contributed by atoms with Crippen LogP contribution in [0.2, 0.25) is 0 Å². The van der Waals surface area contributed by atoms with Gasteiger partial charge in [-0.1, -0.05) is 111 Å². The molecule has 3 aliphatic rings. The average molecular weight is 639 g/mol. The number of aromatic nitrogens is 3. The van der Waals surface area contributed by atoms with Crippen molar-refractivity contribution in [2.45, 2.75) is 42.4 Å². The van der Waals surface area contributed by atoms with Gasteiger partial charge in [-0.2, -0.15) is 0 Å². The molecule has 0 amide bonds. The molecule has 1 aliphatic heterocycles. The van der Waals surface area contributed by atoms with Gasteiger partial charge in [-0.3, -0.25) is 0 Å². The Bertz CT molecular complexity index is 2250. The summed E-state index contributed by atoms with van der Waals surface area (Å²) in [5.41, 5.74) is 11.8. The summed E-state index contributed by atoms with van der Waals surface area (Å²) in [5, 5.41) is 0. The zero-order valence-corrected chi connectivity index (χ0v) is 28.0. The van der Waals surface area contributed by atoms with Crippen molar-refractivity contribution in [3.05, 3.63) is 150 Å². The number of fused-ring (bicyclic) bond motifs is 5. The molecule has 1 unspecified atom stereocenters. The van der Waals surface area contributed by atoms with Gasteiger partial charge in [0.1, 0.15) is 0 Å². The molecule has 232 valence electrons. The Balaban J connectivity index is 1.15. The topological polar surface area (TPSA) is 41.9 Å². The average Bonchev–Trinajstić information content (AvgIpc) is 3.36. The first-order chi connectivity index (χ1) is 23.5. The van der Waals surface area contributed by atoms with Crippen LogP contribution in [-0.2, 0) is 5.41 Å². The van der Waals surface area contributed by atoms with Gasteiger partial charge < -0.3 is 4.90 Å². The summed E-state index contributed by atoms with van der Waals surface area (Å²) in [6.45, 7) is 6.87. The van der Waals surface area contributed by atoms with E-state index in [-0.39, 0.29) is 5.41 Å². The Labute approximate surface area is 286 Å². The largest absolute Gasteiger partial charge is 0.308 e. The van der Waals surface area contributed by atoms with Gasteiger partial charge in [0.25, 0.3) is 0 Å². The first-order valence-corrected chi connectivity index (χ1v) is 17.4. The highest BCUT2D eigenvalue weighted by Gasteiger charge is 2.35. The molecule has 2 heterocycles. The fourth-order valence-electron chi connectivity index (χ4n) is 7.39. The third-order valence-electron chi connectivity index (χ3n) is 9.98. The zero-order valence-electron chi connectivity index (χ0n) is 27.2. The fourth-order valence-corrected chi connectivity index (χ4v) is 8.45. The molecule has 0 fully saturated rings. The van der Waals surface area contributed by atoms with Gasteiger partial charge in [0.15, 0.2) is 17.5 Å². The fraction of sp³-hybridized carbons (Fsp3) is 0.140. The van der Waals surface area contributed by atoms with E-state index in [1.54, 1.807) is 0 Å². The Morgan fingerprint density at radius 1 is 0.646 bits per heavy atom. The van der Waals surface area contributed by atoms with Crippen molar-refractivity contribution in [3.8, 4) is 33.9 Å². The molecule has 0 N–H and O–H groups in total. The minimum Gasteiger partial charge on any atom is -0.308 e.